The summed E-state index contributed by atoms with van der Waals surface area (Å²) in [5.74, 6) is -2.60. The average molecular weight is 371 g/mol. The number of rotatable bonds is 1. The van der Waals surface area contributed by atoms with E-state index in [4.69, 9.17) is 10.7 Å². The highest BCUT2D eigenvalue weighted by molar-refractivity contribution is 8.13. The minimum Gasteiger partial charge on any atom is -0.309 e. The molecule has 1 aromatic carbocycles. The smallest absolute Gasteiger partial charge is 0.309 e. The lowest BCUT2D eigenvalue weighted by molar-refractivity contribution is -0.170. The second-order valence-electron chi connectivity index (χ2n) is 4.71. The highest BCUT2D eigenvalue weighted by atomic mass is 35.7. The minimum absolute atomic E-state index is 0.122. The lowest BCUT2D eigenvalue weighted by atomic mass is 10.1. The van der Waals surface area contributed by atoms with E-state index in [9.17, 15) is 31.2 Å². The molecule has 2 rings (SSSR count). The van der Waals surface area contributed by atoms with E-state index in [1.54, 1.807) is 0 Å². The van der Waals surface area contributed by atoms with E-state index >= 15 is 0 Å². The first-order chi connectivity index (χ1) is 10.4. The lowest BCUT2D eigenvalue weighted by Crippen LogP contribution is -2.50. The van der Waals surface area contributed by atoms with Gasteiger partial charge in [0, 0.05) is 30.7 Å². The Hall–Kier alpha value is -1.81. The summed E-state index contributed by atoms with van der Waals surface area (Å²) in [7, 11) is 1.07. The molecule has 1 aliphatic rings. The van der Waals surface area contributed by atoms with Crippen molar-refractivity contribution in [2.45, 2.75) is 18.0 Å². The van der Waals surface area contributed by atoms with Crippen molar-refractivity contribution in [1.82, 2.24) is 0 Å². The van der Waals surface area contributed by atoms with Crippen molar-refractivity contribution in [2.24, 2.45) is 0 Å². The molecule has 0 saturated heterocycles. The van der Waals surface area contributed by atoms with Crippen LogP contribution < -0.4 is 9.80 Å². The molecule has 0 radical (unpaired) electrons. The number of hydrogen-bond acceptors (Lipinski definition) is 4. The Kier molecular flexibility index (Phi) is 4.33. The maximum atomic E-state index is 12.7. The fraction of sp³-hybridized carbons (Fsp3) is 0.333. The van der Waals surface area contributed by atoms with Crippen molar-refractivity contribution in [3.05, 3.63) is 18.2 Å². The number of halogens is 4. The molecule has 0 aromatic heterocycles. The molecule has 0 saturated carbocycles. The van der Waals surface area contributed by atoms with E-state index in [0.717, 1.165) is 23.1 Å². The Morgan fingerprint density at radius 1 is 1.13 bits per heavy atom. The Labute approximate surface area is 133 Å². The van der Waals surface area contributed by atoms with Gasteiger partial charge in [0.15, 0.2) is 0 Å². The number of alkyl halides is 3. The van der Waals surface area contributed by atoms with Crippen LogP contribution in [-0.4, -0.2) is 39.5 Å². The van der Waals surface area contributed by atoms with E-state index < -0.39 is 27.0 Å². The molecule has 0 N–H and O–H groups in total. The van der Waals surface area contributed by atoms with Gasteiger partial charge < -0.3 is 9.80 Å². The van der Waals surface area contributed by atoms with Crippen molar-refractivity contribution < 1.29 is 31.2 Å². The lowest BCUT2D eigenvalue weighted by Gasteiger charge is -2.36. The van der Waals surface area contributed by atoms with Crippen LogP contribution in [0.15, 0.2) is 23.1 Å². The van der Waals surface area contributed by atoms with E-state index in [2.05, 4.69) is 0 Å². The van der Waals surface area contributed by atoms with Gasteiger partial charge >= 0.3 is 12.1 Å². The minimum atomic E-state index is -5.09. The number of nitrogens with zero attached hydrogens (tertiary/aromatic N) is 2. The molecule has 2 amide bonds. The molecule has 0 fully saturated rings. The molecule has 0 bridgehead atoms. The maximum Gasteiger partial charge on any atom is 0.471 e. The van der Waals surface area contributed by atoms with Gasteiger partial charge in [-0.05, 0) is 18.2 Å². The summed E-state index contributed by atoms with van der Waals surface area (Å²) in [6.07, 6.45) is -5.09. The van der Waals surface area contributed by atoms with Crippen LogP contribution in [-0.2, 0) is 18.6 Å². The van der Waals surface area contributed by atoms with E-state index in [1.807, 2.05) is 0 Å². The molecular weight excluding hydrogens is 361 g/mol. The Balaban J connectivity index is 2.61. The molecule has 1 heterocycles. The number of benzene rings is 1. The zero-order valence-corrected chi connectivity index (χ0v) is 13.2. The zero-order valence-electron chi connectivity index (χ0n) is 11.6. The van der Waals surface area contributed by atoms with Crippen LogP contribution in [0, 0.1) is 0 Å². The molecule has 1 aliphatic heterocycles. The third-order valence-electron chi connectivity index (χ3n) is 3.22. The van der Waals surface area contributed by atoms with Crippen LogP contribution in [0.2, 0.25) is 0 Å². The van der Waals surface area contributed by atoms with Crippen LogP contribution in [0.25, 0.3) is 0 Å². The Morgan fingerprint density at radius 2 is 1.70 bits per heavy atom. The van der Waals surface area contributed by atoms with E-state index in [0.29, 0.717) is 4.90 Å². The number of amides is 2. The first-order valence-electron chi connectivity index (χ1n) is 6.18. The molecule has 6 nitrogen and oxygen atoms in total. The monoisotopic (exact) mass is 370 g/mol. The Morgan fingerprint density at radius 3 is 2.17 bits per heavy atom. The fourth-order valence-electron chi connectivity index (χ4n) is 2.23. The van der Waals surface area contributed by atoms with Crippen LogP contribution in [0.5, 0.6) is 0 Å². The van der Waals surface area contributed by atoms with Gasteiger partial charge in [0.25, 0.3) is 9.05 Å². The topological polar surface area (TPSA) is 74.8 Å². The molecule has 0 aliphatic carbocycles. The van der Waals surface area contributed by atoms with Gasteiger partial charge in [0.1, 0.15) is 0 Å². The highest BCUT2D eigenvalue weighted by Gasteiger charge is 2.45. The summed E-state index contributed by atoms with van der Waals surface area (Å²) in [6.45, 7) is 0.612. The van der Waals surface area contributed by atoms with Gasteiger partial charge in [-0.3, -0.25) is 9.59 Å². The number of carbonyl (C=O) groups excluding carboxylic acids is 2. The SMILES string of the molecule is CC(=O)N1CCN(C(=O)C(F)(F)F)c2ccc(S(=O)(=O)Cl)cc21. The standard InChI is InChI=1S/C12H10ClF3N2O4S/c1-7(19)17-4-5-18(11(20)12(14,15)16)9-3-2-8(6-10(9)17)23(13,21)22/h2-3,6H,4-5H2,1H3. The van der Waals surface area contributed by atoms with Crippen molar-refractivity contribution >= 4 is 42.9 Å². The van der Waals surface area contributed by atoms with Gasteiger partial charge in [-0.1, -0.05) is 0 Å². The van der Waals surface area contributed by atoms with Crippen LogP contribution >= 0.6 is 10.7 Å². The van der Waals surface area contributed by atoms with Crippen molar-refractivity contribution in [1.29, 1.82) is 0 Å². The normalized spacial score (nSPS) is 15.3. The van der Waals surface area contributed by atoms with Crippen LogP contribution in [0.3, 0.4) is 0 Å². The fourth-order valence-corrected chi connectivity index (χ4v) is 3.00. The van der Waals surface area contributed by atoms with Crippen LogP contribution in [0.1, 0.15) is 6.92 Å². The summed E-state index contributed by atoms with van der Waals surface area (Å²) in [4.78, 5) is 24.3. The van der Waals surface area contributed by atoms with Crippen molar-refractivity contribution in [3.8, 4) is 0 Å². The van der Waals surface area contributed by atoms with E-state index in [-0.39, 0.29) is 29.4 Å². The summed E-state index contributed by atoms with van der Waals surface area (Å²) in [6, 6.07) is 2.96. The quantitative estimate of drug-likeness (QED) is 0.707. The Bertz CT molecular complexity index is 779. The largest absolute Gasteiger partial charge is 0.471 e. The third-order valence-corrected chi connectivity index (χ3v) is 4.58. The molecule has 23 heavy (non-hydrogen) atoms. The molecule has 0 spiro atoms. The molecule has 126 valence electrons. The second kappa shape index (κ2) is 5.68. The molecule has 1 aromatic rings. The van der Waals surface area contributed by atoms with Gasteiger partial charge in [-0.25, -0.2) is 8.42 Å². The molecule has 11 heteroatoms. The predicted octanol–water partition coefficient (Wildman–Crippen LogP) is 1.88. The third kappa shape index (κ3) is 3.42. The van der Waals surface area contributed by atoms with Gasteiger partial charge in [-0.15, -0.1) is 0 Å². The first kappa shape index (κ1) is 17.5. The van der Waals surface area contributed by atoms with Gasteiger partial charge in [-0.2, -0.15) is 13.2 Å². The number of anilines is 2. The highest BCUT2D eigenvalue weighted by Crippen LogP contribution is 2.37. The number of carbonyl (C=O) groups is 2. The summed E-state index contributed by atoms with van der Waals surface area (Å²) in [5.41, 5.74) is -0.332. The number of hydrogen-bond donors (Lipinski definition) is 0. The maximum absolute atomic E-state index is 12.7. The zero-order chi connectivity index (χ0) is 17.6. The molecular formula is C12H10ClF3N2O4S. The van der Waals surface area contributed by atoms with Crippen molar-refractivity contribution in [2.75, 3.05) is 22.9 Å². The second-order valence-corrected chi connectivity index (χ2v) is 7.28. The van der Waals surface area contributed by atoms with Gasteiger partial charge in [0.2, 0.25) is 5.91 Å². The van der Waals surface area contributed by atoms with E-state index in [1.165, 1.54) is 6.92 Å². The summed E-state index contributed by atoms with van der Waals surface area (Å²) >= 11 is 0. The first-order valence-corrected chi connectivity index (χ1v) is 8.49. The van der Waals surface area contributed by atoms with Crippen LogP contribution in [0.4, 0.5) is 24.5 Å². The predicted molar refractivity (Wildman–Crippen MR) is 75.9 cm³/mol. The average Bonchev–Trinajstić information content (AvgIpc) is 2.42. The van der Waals surface area contributed by atoms with Crippen molar-refractivity contribution in [3.63, 3.8) is 0 Å². The molecule has 0 unspecified atom stereocenters. The van der Waals surface area contributed by atoms with Gasteiger partial charge in [0.05, 0.1) is 16.3 Å². The summed E-state index contributed by atoms with van der Waals surface area (Å²) in [5, 5.41) is 0. The number of fused-ring (bicyclic) bond motifs is 1. The molecule has 0 atom stereocenters. The summed E-state index contributed by atoms with van der Waals surface area (Å²) < 4.78 is 60.7.